The molecule has 1 heterocycles. The van der Waals surface area contributed by atoms with E-state index in [-0.39, 0.29) is 0 Å². The molecule has 0 aromatic heterocycles. The van der Waals surface area contributed by atoms with E-state index in [4.69, 9.17) is 4.74 Å². The molecule has 27 heavy (non-hydrogen) atoms. The third-order valence-corrected chi connectivity index (χ3v) is 4.74. The first kappa shape index (κ1) is 16.9. The molecule has 0 fully saturated rings. The fraction of sp³-hybridized carbons (Fsp3) is 0.0400. The maximum Gasteiger partial charge on any atom is 0.142 e. The number of fused-ring (bicyclic) bond motifs is 1. The minimum Gasteiger partial charge on any atom is -0.464 e. The van der Waals surface area contributed by atoms with Gasteiger partial charge in [0, 0.05) is 29.5 Å². The standard InChI is InChI=1S/C25H21NO/c1-19-9-6-7-18-27-25-23(19)12-8-13-24(25)20-14-16-22(17-15-20)26(2)21-10-4-3-5-11-21/h3-18H,1H2,2H3/b9-6-,18-7-. The molecule has 2 heteroatoms. The van der Waals surface area contributed by atoms with Crippen LogP contribution in [0.2, 0.25) is 0 Å². The van der Waals surface area contributed by atoms with Crippen LogP contribution in [0, 0.1) is 0 Å². The molecule has 4 rings (SSSR count). The number of allylic oxidation sites excluding steroid dienone is 4. The van der Waals surface area contributed by atoms with Gasteiger partial charge in [-0.3, -0.25) is 0 Å². The van der Waals surface area contributed by atoms with Gasteiger partial charge in [-0.2, -0.15) is 0 Å². The molecule has 132 valence electrons. The maximum absolute atomic E-state index is 5.93. The number of benzene rings is 3. The van der Waals surface area contributed by atoms with Gasteiger partial charge in [0.2, 0.25) is 0 Å². The Hall–Kier alpha value is -3.52. The van der Waals surface area contributed by atoms with Crippen LogP contribution in [0.1, 0.15) is 5.56 Å². The SMILES string of the molecule is C=C1/C=C\C=C/Oc2c1cccc2-c1ccc(N(C)c2ccccc2)cc1. The zero-order valence-corrected chi connectivity index (χ0v) is 15.3. The predicted molar refractivity (Wildman–Crippen MR) is 114 cm³/mol. The van der Waals surface area contributed by atoms with E-state index in [0.29, 0.717) is 0 Å². The summed E-state index contributed by atoms with van der Waals surface area (Å²) in [6.07, 6.45) is 7.53. The minimum atomic E-state index is 0.840. The largest absolute Gasteiger partial charge is 0.464 e. The smallest absolute Gasteiger partial charge is 0.142 e. The molecule has 3 aromatic carbocycles. The number of hydrogen-bond acceptors (Lipinski definition) is 2. The van der Waals surface area contributed by atoms with E-state index < -0.39 is 0 Å². The minimum absolute atomic E-state index is 0.840. The number of rotatable bonds is 3. The van der Waals surface area contributed by atoms with E-state index in [1.165, 1.54) is 0 Å². The number of anilines is 2. The fourth-order valence-electron chi connectivity index (χ4n) is 3.22. The molecule has 0 aliphatic carbocycles. The summed E-state index contributed by atoms with van der Waals surface area (Å²) in [7, 11) is 2.08. The van der Waals surface area contributed by atoms with Gasteiger partial charge in [-0.1, -0.05) is 67.3 Å². The van der Waals surface area contributed by atoms with Crippen LogP contribution < -0.4 is 9.64 Å². The second kappa shape index (κ2) is 7.38. The Morgan fingerprint density at radius 1 is 0.741 bits per heavy atom. The molecule has 2 nitrogen and oxygen atoms in total. The molecule has 0 saturated heterocycles. The monoisotopic (exact) mass is 351 g/mol. The molecule has 1 aliphatic heterocycles. The lowest BCUT2D eigenvalue weighted by atomic mass is 9.97. The molecule has 0 amide bonds. The Kier molecular flexibility index (Phi) is 4.63. The zero-order valence-electron chi connectivity index (χ0n) is 15.3. The molecule has 0 bridgehead atoms. The summed E-state index contributed by atoms with van der Waals surface area (Å²) >= 11 is 0. The number of ether oxygens (including phenoxy) is 1. The summed E-state index contributed by atoms with van der Waals surface area (Å²) in [5, 5.41) is 0. The van der Waals surface area contributed by atoms with Crippen LogP contribution in [0.4, 0.5) is 11.4 Å². The van der Waals surface area contributed by atoms with Gasteiger partial charge in [-0.15, -0.1) is 0 Å². The lowest BCUT2D eigenvalue weighted by Gasteiger charge is -2.20. The van der Waals surface area contributed by atoms with Crippen molar-refractivity contribution in [2.24, 2.45) is 0 Å². The highest BCUT2D eigenvalue weighted by Crippen LogP contribution is 2.38. The zero-order chi connectivity index (χ0) is 18.6. The second-order valence-electron chi connectivity index (χ2n) is 6.45. The number of hydrogen-bond donors (Lipinski definition) is 0. The van der Waals surface area contributed by atoms with Crippen molar-refractivity contribution in [1.29, 1.82) is 0 Å². The van der Waals surface area contributed by atoms with Gasteiger partial charge in [0.05, 0.1) is 6.26 Å². The van der Waals surface area contributed by atoms with Gasteiger partial charge in [0.15, 0.2) is 0 Å². The van der Waals surface area contributed by atoms with Crippen LogP contribution in [0.15, 0.2) is 104 Å². The van der Waals surface area contributed by atoms with Crippen LogP contribution in [0.5, 0.6) is 5.75 Å². The van der Waals surface area contributed by atoms with Crippen molar-refractivity contribution >= 4 is 16.9 Å². The summed E-state index contributed by atoms with van der Waals surface area (Å²) in [5.41, 5.74) is 6.42. The lowest BCUT2D eigenvalue weighted by molar-refractivity contribution is 0.481. The van der Waals surface area contributed by atoms with Crippen LogP contribution in [-0.2, 0) is 0 Å². The highest BCUT2D eigenvalue weighted by atomic mass is 16.5. The highest BCUT2D eigenvalue weighted by Gasteiger charge is 2.14. The van der Waals surface area contributed by atoms with E-state index in [2.05, 4.69) is 61.0 Å². The van der Waals surface area contributed by atoms with Crippen molar-refractivity contribution in [2.75, 3.05) is 11.9 Å². The molecular weight excluding hydrogens is 330 g/mol. The van der Waals surface area contributed by atoms with Gasteiger partial charge < -0.3 is 9.64 Å². The summed E-state index contributed by atoms with van der Waals surface area (Å²) < 4.78 is 5.93. The molecule has 0 spiro atoms. The Labute approximate surface area is 160 Å². The first-order valence-corrected chi connectivity index (χ1v) is 8.95. The normalized spacial score (nSPS) is 15.1. The Morgan fingerprint density at radius 2 is 1.44 bits per heavy atom. The third-order valence-electron chi connectivity index (χ3n) is 4.74. The van der Waals surface area contributed by atoms with Gasteiger partial charge in [-0.05, 0) is 41.5 Å². The summed E-state index contributed by atoms with van der Waals surface area (Å²) in [5.74, 6) is 0.840. The van der Waals surface area contributed by atoms with E-state index >= 15 is 0 Å². The Balaban J connectivity index is 1.70. The molecule has 0 radical (unpaired) electrons. The van der Waals surface area contributed by atoms with E-state index in [1.807, 2.05) is 48.6 Å². The molecule has 0 N–H and O–H groups in total. The molecule has 1 aliphatic rings. The number of nitrogens with zero attached hydrogens (tertiary/aromatic N) is 1. The van der Waals surface area contributed by atoms with Crippen molar-refractivity contribution < 1.29 is 4.74 Å². The second-order valence-corrected chi connectivity index (χ2v) is 6.45. The van der Waals surface area contributed by atoms with Crippen molar-refractivity contribution in [1.82, 2.24) is 0 Å². The van der Waals surface area contributed by atoms with Crippen molar-refractivity contribution in [2.45, 2.75) is 0 Å². The quantitative estimate of drug-likeness (QED) is 0.527. The average molecular weight is 351 g/mol. The van der Waals surface area contributed by atoms with E-state index in [0.717, 1.165) is 39.4 Å². The van der Waals surface area contributed by atoms with E-state index in [1.54, 1.807) is 6.26 Å². The molecule has 0 saturated carbocycles. The van der Waals surface area contributed by atoms with Gasteiger partial charge in [0.25, 0.3) is 0 Å². The average Bonchev–Trinajstić information content (AvgIpc) is 2.72. The van der Waals surface area contributed by atoms with Gasteiger partial charge >= 0.3 is 0 Å². The highest BCUT2D eigenvalue weighted by molar-refractivity contribution is 5.84. The topological polar surface area (TPSA) is 12.5 Å². The molecule has 0 unspecified atom stereocenters. The molecule has 0 atom stereocenters. The third kappa shape index (κ3) is 3.42. The molecular formula is C25H21NO. The van der Waals surface area contributed by atoms with Gasteiger partial charge in [-0.25, -0.2) is 0 Å². The summed E-state index contributed by atoms with van der Waals surface area (Å²) in [6, 6.07) is 25.0. The van der Waals surface area contributed by atoms with Crippen molar-refractivity contribution in [3.05, 3.63) is 109 Å². The lowest BCUT2D eigenvalue weighted by Crippen LogP contribution is -2.08. The molecule has 3 aromatic rings. The summed E-state index contributed by atoms with van der Waals surface area (Å²) in [6.45, 7) is 4.16. The Bertz CT molecular complexity index is 1010. The van der Waals surface area contributed by atoms with Gasteiger partial charge in [0.1, 0.15) is 5.75 Å². The van der Waals surface area contributed by atoms with E-state index in [9.17, 15) is 0 Å². The van der Waals surface area contributed by atoms with Crippen LogP contribution in [0.3, 0.4) is 0 Å². The van der Waals surface area contributed by atoms with Crippen LogP contribution >= 0.6 is 0 Å². The van der Waals surface area contributed by atoms with Crippen LogP contribution in [-0.4, -0.2) is 7.05 Å². The summed E-state index contributed by atoms with van der Waals surface area (Å²) in [4.78, 5) is 2.17. The predicted octanol–water partition coefficient (Wildman–Crippen LogP) is 6.60. The fourth-order valence-corrected chi connectivity index (χ4v) is 3.22. The first-order chi connectivity index (χ1) is 13.2. The van der Waals surface area contributed by atoms with Crippen molar-refractivity contribution in [3.8, 4) is 16.9 Å². The Morgan fingerprint density at radius 3 is 2.22 bits per heavy atom. The van der Waals surface area contributed by atoms with Crippen molar-refractivity contribution in [3.63, 3.8) is 0 Å². The number of para-hydroxylation sites is 2. The van der Waals surface area contributed by atoms with Crippen LogP contribution in [0.25, 0.3) is 16.7 Å². The first-order valence-electron chi connectivity index (χ1n) is 8.95. The maximum atomic E-state index is 5.93.